The van der Waals surface area contributed by atoms with Gasteiger partial charge in [0.1, 0.15) is 5.54 Å². The number of para-hydroxylation sites is 1. The van der Waals surface area contributed by atoms with Gasteiger partial charge in [0.15, 0.2) is 0 Å². The van der Waals surface area contributed by atoms with Gasteiger partial charge in [-0.25, -0.2) is 4.79 Å². The maximum atomic E-state index is 11.6. The van der Waals surface area contributed by atoms with E-state index in [9.17, 15) is 9.90 Å². The first kappa shape index (κ1) is 14.6. The fourth-order valence-corrected chi connectivity index (χ4v) is 1.92. The maximum Gasteiger partial charge on any atom is 0.329 e. The molecule has 1 rings (SSSR count). The number of benzene rings is 1. The van der Waals surface area contributed by atoms with Crippen LogP contribution in [0.5, 0.6) is 0 Å². The van der Waals surface area contributed by atoms with E-state index in [0.717, 1.165) is 12.1 Å². The molecule has 0 aliphatic carbocycles. The van der Waals surface area contributed by atoms with Crippen LogP contribution in [0.4, 0.5) is 5.69 Å². The fraction of sp³-hybridized carbons (Fsp3) is 0.533. The van der Waals surface area contributed by atoms with Crippen molar-refractivity contribution in [1.29, 1.82) is 0 Å². The van der Waals surface area contributed by atoms with Gasteiger partial charge >= 0.3 is 5.97 Å². The molecule has 3 nitrogen and oxygen atoms in total. The molecule has 0 spiro atoms. The van der Waals surface area contributed by atoms with Gasteiger partial charge in [-0.1, -0.05) is 32.0 Å². The maximum absolute atomic E-state index is 11.6. The highest BCUT2D eigenvalue weighted by atomic mass is 16.4. The monoisotopic (exact) mass is 249 g/mol. The van der Waals surface area contributed by atoms with Crippen molar-refractivity contribution >= 4 is 11.7 Å². The van der Waals surface area contributed by atoms with Crippen molar-refractivity contribution in [3.05, 3.63) is 30.3 Å². The molecule has 0 fully saturated rings. The van der Waals surface area contributed by atoms with Crippen molar-refractivity contribution in [2.45, 2.75) is 39.2 Å². The Morgan fingerprint density at radius 2 is 1.89 bits per heavy atom. The number of carboxylic acids is 1. The lowest BCUT2D eigenvalue weighted by Crippen LogP contribution is -2.51. The SMILES string of the molecule is CC(C)CCC(C)(C(=O)O)N(C)c1ccccc1. The first-order chi connectivity index (χ1) is 8.38. The van der Waals surface area contributed by atoms with Gasteiger partial charge in [0.25, 0.3) is 0 Å². The summed E-state index contributed by atoms with van der Waals surface area (Å²) in [7, 11) is 1.85. The van der Waals surface area contributed by atoms with Crippen LogP contribution in [-0.2, 0) is 4.79 Å². The molecule has 1 aromatic rings. The Labute approximate surface area is 109 Å². The molecule has 1 atom stereocenters. The average molecular weight is 249 g/mol. The summed E-state index contributed by atoms with van der Waals surface area (Å²) >= 11 is 0. The molecule has 1 N–H and O–H groups in total. The minimum Gasteiger partial charge on any atom is -0.480 e. The van der Waals surface area contributed by atoms with Gasteiger partial charge in [-0.3, -0.25) is 0 Å². The third-order valence-electron chi connectivity index (χ3n) is 3.55. The molecule has 0 saturated carbocycles. The van der Waals surface area contributed by atoms with Gasteiger partial charge in [0.05, 0.1) is 0 Å². The Morgan fingerprint density at radius 1 is 1.33 bits per heavy atom. The molecule has 0 aliphatic rings. The number of carboxylic acid groups (broad SMARTS) is 1. The predicted octanol–water partition coefficient (Wildman–Crippen LogP) is 3.40. The van der Waals surface area contributed by atoms with E-state index in [1.807, 2.05) is 42.3 Å². The molecule has 0 radical (unpaired) electrons. The lowest BCUT2D eigenvalue weighted by Gasteiger charge is -2.37. The molecule has 3 heteroatoms. The van der Waals surface area contributed by atoms with Gasteiger partial charge < -0.3 is 10.0 Å². The van der Waals surface area contributed by atoms with Crippen LogP contribution < -0.4 is 4.90 Å². The van der Waals surface area contributed by atoms with E-state index in [1.54, 1.807) is 6.92 Å². The molecule has 1 aromatic carbocycles. The highest BCUT2D eigenvalue weighted by molar-refractivity contribution is 5.83. The summed E-state index contributed by atoms with van der Waals surface area (Å²) in [5.41, 5.74) is 0.0807. The van der Waals surface area contributed by atoms with Crippen molar-refractivity contribution < 1.29 is 9.90 Å². The molecule has 1 unspecified atom stereocenters. The number of rotatable bonds is 6. The minimum absolute atomic E-state index is 0.507. The summed E-state index contributed by atoms with van der Waals surface area (Å²) in [5.74, 6) is -0.262. The first-order valence-electron chi connectivity index (χ1n) is 6.40. The molecule has 0 amide bonds. The van der Waals surface area contributed by atoms with Gasteiger partial charge in [-0.2, -0.15) is 0 Å². The molecule has 18 heavy (non-hydrogen) atoms. The normalized spacial score (nSPS) is 14.3. The van der Waals surface area contributed by atoms with Crippen LogP contribution in [0.25, 0.3) is 0 Å². The fourth-order valence-electron chi connectivity index (χ4n) is 1.92. The lowest BCUT2D eigenvalue weighted by atomic mass is 9.90. The van der Waals surface area contributed by atoms with E-state index < -0.39 is 11.5 Å². The second-order valence-corrected chi connectivity index (χ2v) is 5.41. The highest BCUT2D eigenvalue weighted by Crippen LogP contribution is 2.28. The van der Waals surface area contributed by atoms with Crippen LogP contribution in [0.1, 0.15) is 33.6 Å². The molecular formula is C15H23NO2. The lowest BCUT2D eigenvalue weighted by molar-refractivity contribution is -0.143. The second-order valence-electron chi connectivity index (χ2n) is 5.41. The average Bonchev–Trinajstić information content (AvgIpc) is 2.35. The highest BCUT2D eigenvalue weighted by Gasteiger charge is 2.37. The van der Waals surface area contributed by atoms with E-state index in [0.29, 0.717) is 12.3 Å². The molecule has 100 valence electrons. The largest absolute Gasteiger partial charge is 0.480 e. The van der Waals surface area contributed by atoms with Crippen molar-refractivity contribution in [3.8, 4) is 0 Å². The van der Waals surface area contributed by atoms with Crippen LogP contribution in [0.15, 0.2) is 30.3 Å². The van der Waals surface area contributed by atoms with Gasteiger partial charge in [0.2, 0.25) is 0 Å². The van der Waals surface area contributed by atoms with Crippen LogP contribution in [0, 0.1) is 5.92 Å². The van der Waals surface area contributed by atoms with Crippen molar-refractivity contribution in [2.75, 3.05) is 11.9 Å². The molecule has 0 aliphatic heterocycles. The smallest absolute Gasteiger partial charge is 0.329 e. The Bertz CT molecular complexity index is 389. The zero-order valence-corrected chi connectivity index (χ0v) is 11.7. The Morgan fingerprint density at radius 3 is 2.33 bits per heavy atom. The summed E-state index contributed by atoms with van der Waals surface area (Å²) in [6.45, 7) is 6.03. The summed E-state index contributed by atoms with van der Waals surface area (Å²) in [4.78, 5) is 13.5. The van der Waals surface area contributed by atoms with Gasteiger partial charge in [-0.15, -0.1) is 0 Å². The third-order valence-corrected chi connectivity index (χ3v) is 3.55. The van der Waals surface area contributed by atoms with Gasteiger partial charge in [0, 0.05) is 12.7 Å². The zero-order valence-electron chi connectivity index (χ0n) is 11.7. The molecule has 0 heterocycles. The van der Waals surface area contributed by atoms with Crippen LogP contribution in [-0.4, -0.2) is 23.7 Å². The third kappa shape index (κ3) is 3.25. The molecule has 0 aromatic heterocycles. The molecule has 0 saturated heterocycles. The number of nitrogens with zero attached hydrogens (tertiary/aromatic N) is 1. The van der Waals surface area contributed by atoms with E-state index >= 15 is 0 Å². The quantitative estimate of drug-likeness (QED) is 0.840. The van der Waals surface area contributed by atoms with E-state index in [4.69, 9.17) is 0 Å². The van der Waals surface area contributed by atoms with Crippen molar-refractivity contribution in [2.24, 2.45) is 5.92 Å². The Kier molecular flexibility index (Phi) is 4.76. The number of likely N-dealkylation sites (N-methyl/N-ethyl adjacent to an activating group) is 1. The van der Waals surface area contributed by atoms with E-state index in [-0.39, 0.29) is 0 Å². The Hall–Kier alpha value is -1.51. The zero-order chi connectivity index (χ0) is 13.8. The summed E-state index contributed by atoms with van der Waals surface area (Å²) in [6, 6.07) is 9.67. The second kappa shape index (κ2) is 5.89. The number of carbonyl (C=O) groups is 1. The van der Waals surface area contributed by atoms with Crippen LogP contribution in [0.3, 0.4) is 0 Å². The summed E-state index contributed by atoms with van der Waals surface area (Å²) < 4.78 is 0. The van der Waals surface area contributed by atoms with E-state index in [1.165, 1.54) is 0 Å². The van der Waals surface area contributed by atoms with Crippen molar-refractivity contribution in [1.82, 2.24) is 0 Å². The Balaban J connectivity index is 2.94. The predicted molar refractivity (Wildman–Crippen MR) is 75.0 cm³/mol. The summed E-state index contributed by atoms with van der Waals surface area (Å²) in [5, 5.41) is 9.54. The van der Waals surface area contributed by atoms with E-state index in [2.05, 4.69) is 13.8 Å². The van der Waals surface area contributed by atoms with Gasteiger partial charge in [-0.05, 0) is 37.8 Å². The molecular weight excluding hydrogens is 226 g/mol. The minimum atomic E-state index is -0.856. The topological polar surface area (TPSA) is 40.5 Å². The number of hydrogen-bond donors (Lipinski definition) is 1. The van der Waals surface area contributed by atoms with Crippen LogP contribution in [0.2, 0.25) is 0 Å². The van der Waals surface area contributed by atoms with Crippen molar-refractivity contribution in [3.63, 3.8) is 0 Å². The number of hydrogen-bond acceptors (Lipinski definition) is 2. The van der Waals surface area contributed by atoms with Crippen LogP contribution >= 0.6 is 0 Å². The first-order valence-corrected chi connectivity index (χ1v) is 6.40. The summed E-state index contributed by atoms with van der Waals surface area (Å²) in [6.07, 6.45) is 1.55. The number of anilines is 1. The standard InChI is InChI=1S/C15H23NO2/c1-12(2)10-11-15(3,14(17)18)16(4)13-8-6-5-7-9-13/h5-9,12H,10-11H2,1-4H3,(H,17,18). The molecule has 0 bridgehead atoms. The number of aliphatic carboxylic acids is 1.